The van der Waals surface area contributed by atoms with E-state index < -0.39 is 5.91 Å². The molecular weight excluding hydrogens is 313 g/mol. The number of halogens is 1. The maximum Gasteiger partial charge on any atom is 0.278 e. The number of hydrogen-bond acceptors (Lipinski definition) is 6. The monoisotopic (exact) mass is 325 g/mol. The van der Waals surface area contributed by atoms with E-state index in [2.05, 4.69) is 20.3 Å². The summed E-state index contributed by atoms with van der Waals surface area (Å²) in [7, 11) is 0. The molecule has 0 aliphatic rings. The summed E-state index contributed by atoms with van der Waals surface area (Å²) in [5, 5.41) is 2.61. The quantitative estimate of drug-likeness (QED) is 0.764. The number of carbonyl (C=O) groups excluding carboxylic acids is 1. The standard InChI is InChI=1S/C16H12FN5O2/c17-10-1-4-12(5-2-10)24-13-6-3-11(9-21-13)22-16(23)14-15(18)20-8-7-19-14/h1-9H,(H2,18,20)(H,22,23). The van der Waals surface area contributed by atoms with Crippen LogP contribution in [0.1, 0.15) is 10.5 Å². The molecule has 1 amide bonds. The van der Waals surface area contributed by atoms with Crippen LogP contribution in [0.25, 0.3) is 0 Å². The molecule has 0 atom stereocenters. The molecule has 0 saturated heterocycles. The second kappa shape index (κ2) is 6.69. The smallest absolute Gasteiger partial charge is 0.278 e. The fourth-order valence-electron chi connectivity index (χ4n) is 1.85. The fourth-order valence-corrected chi connectivity index (χ4v) is 1.85. The number of amides is 1. The first-order chi connectivity index (χ1) is 11.6. The van der Waals surface area contributed by atoms with E-state index in [4.69, 9.17) is 10.5 Å². The number of benzene rings is 1. The highest BCUT2D eigenvalue weighted by Crippen LogP contribution is 2.21. The first kappa shape index (κ1) is 15.3. The lowest BCUT2D eigenvalue weighted by Crippen LogP contribution is -2.16. The summed E-state index contributed by atoms with van der Waals surface area (Å²) >= 11 is 0. The van der Waals surface area contributed by atoms with Crippen LogP contribution >= 0.6 is 0 Å². The van der Waals surface area contributed by atoms with Gasteiger partial charge in [-0.1, -0.05) is 0 Å². The molecule has 3 aromatic rings. The first-order valence-corrected chi connectivity index (χ1v) is 6.89. The summed E-state index contributed by atoms with van der Waals surface area (Å²) in [6.07, 6.45) is 4.20. The van der Waals surface area contributed by atoms with Crippen LogP contribution < -0.4 is 15.8 Å². The van der Waals surface area contributed by atoms with Crippen molar-refractivity contribution < 1.29 is 13.9 Å². The topological polar surface area (TPSA) is 103 Å². The summed E-state index contributed by atoms with van der Waals surface area (Å²) in [6.45, 7) is 0. The third kappa shape index (κ3) is 3.61. The van der Waals surface area contributed by atoms with Crippen molar-refractivity contribution in [1.29, 1.82) is 0 Å². The lowest BCUT2D eigenvalue weighted by molar-refractivity contribution is 0.102. The Hall–Kier alpha value is -3.55. The lowest BCUT2D eigenvalue weighted by atomic mass is 10.3. The van der Waals surface area contributed by atoms with Crippen molar-refractivity contribution in [3.63, 3.8) is 0 Å². The van der Waals surface area contributed by atoms with Gasteiger partial charge in [-0.25, -0.2) is 19.3 Å². The zero-order valence-electron chi connectivity index (χ0n) is 12.3. The number of ether oxygens (including phenoxy) is 1. The highest BCUT2D eigenvalue weighted by Gasteiger charge is 2.12. The zero-order valence-corrected chi connectivity index (χ0v) is 12.3. The predicted octanol–water partition coefficient (Wildman–Crippen LogP) is 2.64. The Morgan fingerprint density at radius 1 is 1.04 bits per heavy atom. The van der Waals surface area contributed by atoms with Crippen LogP contribution in [0.5, 0.6) is 11.6 Å². The molecule has 3 N–H and O–H groups in total. The molecule has 0 aliphatic heterocycles. The highest BCUT2D eigenvalue weighted by molar-refractivity contribution is 6.05. The number of anilines is 2. The van der Waals surface area contributed by atoms with Gasteiger partial charge in [0.1, 0.15) is 11.6 Å². The van der Waals surface area contributed by atoms with Crippen LogP contribution in [-0.2, 0) is 0 Å². The highest BCUT2D eigenvalue weighted by atomic mass is 19.1. The summed E-state index contributed by atoms with van der Waals surface area (Å²) in [4.78, 5) is 23.8. The van der Waals surface area contributed by atoms with Gasteiger partial charge in [-0.3, -0.25) is 4.79 Å². The van der Waals surface area contributed by atoms with Gasteiger partial charge in [0.2, 0.25) is 5.88 Å². The number of aromatic nitrogens is 3. The zero-order chi connectivity index (χ0) is 16.9. The van der Waals surface area contributed by atoms with Gasteiger partial charge >= 0.3 is 0 Å². The molecule has 0 radical (unpaired) electrons. The molecule has 3 rings (SSSR count). The summed E-state index contributed by atoms with van der Waals surface area (Å²) in [5.74, 6) is -0.0443. The number of nitrogens with zero attached hydrogens (tertiary/aromatic N) is 3. The molecule has 7 nitrogen and oxygen atoms in total. The van der Waals surface area contributed by atoms with Crippen molar-refractivity contribution in [1.82, 2.24) is 15.0 Å². The largest absolute Gasteiger partial charge is 0.439 e. The molecule has 2 aromatic heterocycles. The first-order valence-electron chi connectivity index (χ1n) is 6.89. The molecule has 0 saturated carbocycles. The van der Waals surface area contributed by atoms with Crippen molar-refractivity contribution >= 4 is 17.4 Å². The second-order valence-corrected chi connectivity index (χ2v) is 4.69. The van der Waals surface area contributed by atoms with Crippen molar-refractivity contribution in [2.75, 3.05) is 11.1 Å². The van der Waals surface area contributed by atoms with Crippen LogP contribution in [-0.4, -0.2) is 20.9 Å². The van der Waals surface area contributed by atoms with Crippen molar-refractivity contribution in [2.24, 2.45) is 0 Å². The summed E-state index contributed by atoms with van der Waals surface area (Å²) in [5.41, 5.74) is 6.07. The summed E-state index contributed by atoms with van der Waals surface area (Å²) in [6, 6.07) is 8.73. The fraction of sp³-hybridized carbons (Fsp3) is 0. The maximum atomic E-state index is 12.8. The second-order valence-electron chi connectivity index (χ2n) is 4.69. The molecule has 8 heteroatoms. The third-order valence-electron chi connectivity index (χ3n) is 2.97. The molecule has 0 aliphatic carbocycles. The van der Waals surface area contributed by atoms with E-state index >= 15 is 0 Å². The Balaban J connectivity index is 1.67. The molecule has 1 aromatic carbocycles. The van der Waals surface area contributed by atoms with Crippen LogP contribution in [0.2, 0.25) is 0 Å². The summed E-state index contributed by atoms with van der Waals surface area (Å²) < 4.78 is 18.3. The predicted molar refractivity (Wildman–Crippen MR) is 85.1 cm³/mol. The van der Waals surface area contributed by atoms with Gasteiger partial charge in [-0.05, 0) is 30.3 Å². The van der Waals surface area contributed by atoms with E-state index in [0.29, 0.717) is 17.3 Å². The molecule has 0 bridgehead atoms. The molecule has 0 unspecified atom stereocenters. The molecule has 2 heterocycles. The van der Waals surface area contributed by atoms with Gasteiger partial charge < -0.3 is 15.8 Å². The molecule has 24 heavy (non-hydrogen) atoms. The minimum Gasteiger partial charge on any atom is -0.439 e. The van der Waals surface area contributed by atoms with Crippen LogP contribution in [0, 0.1) is 5.82 Å². The molecule has 0 spiro atoms. The van der Waals surface area contributed by atoms with Crippen LogP contribution in [0.3, 0.4) is 0 Å². The van der Waals surface area contributed by atoms with E-state index in [9.17, 15) is 9.18 Å². The Morgan fingerprint density at radius 3 is 2.46 bits per heavy atom. The van der Waals surface area contributed by atoms with E-state index in [1.807, 2.05) is 0 Å². The Kier molecular flexibility index (Phi) is 4.28. The number of rotatable bonds is 4. The molecule has 0 fully saturated rings. The Bertz CT molecular complexity index is 853. The number of nitrogens with one attached hydrogen (secondary N) is 1. The lowest BCUT2D eigenvalue weighted by Gasteiger charge is -2.07. The number of nitrogen functional groups attached to an aromatic ring is 1. The van der Waals surface area contributed by atoms with Gasteiger partial charge in [0.15, 0.2) is 11.5 Å². The minimum absolute atomic E-state index is 0.0316. The van der Waals surface area contributed by atoms with Crippen LogP contribution in [0.15, 0.2) is 55.0 Å². The van der Waals surface area contributed by atoms with Gasteiger partial charge in [-0.15, -0.1) is 0 Å². The van der Waals surface area contributed by atoms with Crippen LogP contribution in [0.4, 0.5) is 15.9 Å². The minimum atomic E-state index is -0.491. The normalized spacial score (nSPS) is 10.2. The molecule has 120 valence electrons. The third-order valence-corrected chi connectivity index (χ3v) is 2.97. The van der Waals surface area contributed by atoms with E-state index in [0.717, 1.165) is 0 Å². The van der Waals surface area contributed by atoms with Crippen molar-refractivity contribution in [2.45, 2.75) is 0 Å². The molecular formula is C16H12FN5O2. The van der Waals surface area contributed by atoms with Gasteiger partial charge in [0, 0.05) is 18.5 Å². The van der Waals surface area contributed by atoms with Gasteiger partial charge in [-0.2, -0.15) is 0 Å². The van der Waals surface area contributed by atoms with Gasteiger partial charge in [0.05, 0.1) is 11.9 Å². The number of hydrogen-bond donors (Lipinski definition) is 2. The average Bonchev–Trinajstić information content (AvgIpc) is 2.59. The van der Waals surface area contributed by atoms with Gasteiger partial charge in [0.25, 0.3) is 5.91 Å². The Labute approximate surface area is 136 Å². The van der Waals surface area contributed by atoms with E-state index in [1.54, 1.807) is 12.1 Å². The number of nitrogens with two attached hydrogens (primary N) is 1. The van der Waals surface area contributed by atoms with E-state index in [-0.39, 0.29) is 17.3 Å². The van der Waals surface area contributed by atoms with Crippen molar-refractivity contribution in [3.8, 4) is 11.6 Å². The average molecular weight is 325 g/mol. The van der Waals surface area contributed by atoms with E-state index in [1.165, 1.54) is 42.9 Å². The van der Waals surface area contributed by atoms with Crippen molar-refractivity contribution in [3.05, 3.63) is 66.5 Å². The number of carbonyl (C=O) groups is 1. The number of pyridine rings is 1. The maximum absolute atomic E-state index is 12.8. The SMILES string of the molecule is Nc1nccnc1C(=O)Nc1ccc(Oc2ccc(F)cc2)nc1. The Morgan fingerprint density at radius 2 is 1.79 bits per heavy atom.